The first-order valence-electron chi connectivity index (χ1n) is 7.98. The highest BCUT2D eigenvalue weighted by molar-refractivity contribution is 5.90. The maximum atomic E-state index is 13.7. The van der Waals surface area contributed by atoms with E-state index in [0.717, 1.165) is 10.7 Å². The Morgan fingerprint density at radius 2 is 1.86 bits per heavy atom. The van der Waals surface area contributed by atoms with E-state index in [2.05, 4.69) is 25.4 Å². The predicted octanol–water partition coefficient (Wildman–Crippen LogP) is 1.75. The molecule has 0 spiro atoms. The number of alkyl halides is 3. The molecule has 0 atom stereocenters. The number of halogens is 3. The Morgan fingerprint density at radius 3 is 2.54 bits per heavy atom. The summed E-state index contributed by atoms with van der Waals surface area (Å²) >= 11 is 0. The van der Waals surface area contributed by atoms with E-state index in [-0.39, 0.29) is 23.9 Å². The maximum Gasteiger partial charge on any atom is 0.433 e. The van der Waals surface area contributed by atoms with Gasteiger partial charge in [-0.25, -0.2) is 4.98 Å². The van der Waals surface area contributed by atoms with Gasteiger partial charge in [-0.3, -0.25) is 0 Å². The molecule has 1 aromatic carbocycles. The summed E-state index contributed by atoms with van der Waals surface area (Å²) in [6.07, 6.45) is -3.39. The lowest BCUT2D eigenvalue weighted by Crippen LogP contribution is -2.29. The molecule has 0 fully saturated rings. The highest BCUT2D eigenvalue weighted by atomic mass is 19.4. The number of hydrogen-bond acceptors (Lipinski definition) is 7. The summed E-state index contributed by atoms with van der Waals surface area (Å²) in [6.45, 7) is 0. The minimum atomic E-state index is -4.69. The second-order valence-electron chi connectivity index (χ2n) is 5.81. The van der Waals surface area contributed by atoms with Crippen LogP contribution in [0.25, 0.3) is 11.3 Å². The standard InChI is InChI=1S/C16H13F3N8O/c1-28-10-4-2-9(3-5-10)11-6-12(16(17,18)19)26(25-11)15-24-23-13(20)7-14-21-8-22-27(14)15/h2-6,8H,7H2,1H3,(H2,20,23). The molecular formula is C16H13F3N8O. The molecule has 28 heavy (non-hydrogen) atoms. The molecule has 2 N–H and O–H groups in total. The molecule has 2 aromatic heterocycles. The molecule has 9 nitrogen and oxygen atoms in total. The lowest BCUT2D eigenvalue weighted by Gasteiger charge is -2.11. The molecule has 0 saturated carbocycles. The van der Waals surface area contributed by atoms with E-state index in [1.54, 1.807) is 24.3 Å². The van der Waals surface area contributed by atoms with Gasteiger partial charge in [-0.05, 0) is 30.3 Å². The second kappa shape index (κ2) is 6.48. The molecule has 0 unspecified atom stereocenters. The molecule has 3 heterocycles. The minimum absolute atomic E-state index is 0.0975. The molecule has 0 amide bonds. The van der Waals surface area contributed by atoms with Crippen molar-refractivity contribution in [2.45, 2.75) is 12.6 Å². The normalized spacial score (nSPS) is 14.1. The van der Waals surface area contributed by atoms with Crippen LogP contribution in [0.5, 0.6) is 5.75 Å². The Kier molecular flexibility index (Phi) is 4.09. The van der Waals surface area contributed by atoms with Crippen LogP contribution in [0.3, 0.4) is 0 Å². The van der Waals surface area contributed by atoms with E-state index in [9.17, 15) is 13.2 Å². The van der Waals surface area contributed by atoms with E-state index in [1.807, 2.05) is 0 Å². The molecule has 1 aliphatic rings. The minimum Gasteiger partial charge on any atom is -0.497 e. The van der Waals surface area contributed by atoms with Gasteiger partial charge in [-0.15, -0.1) is 10.2 Å². The van der Waals surface area contributed by atoms with Crippen LogP contribution in [-0.2, 0) is 12.6 Å². The number of methoxy groups -OCH3 is 1. The zero-order valence-electron chi connectivity index (χ0n) is 14.4. The summed E-state index contributed by atoms with van der Waals surface area (Å²) in [4.78, 5) is 3.99. The van der Waals surface area contributed by atoms with Crippen molar-refractivity contribution < 1.29 is 17.9 Å². The number of ether oxygens (including phenoxy) is 1. The average Bonchev–Trinajstić information content (AvgIpc) is 3.27. The smallest absolute Gasteiger partial charge is 0.433 e. The van der Waals surface area contributed by atoms with Gasteiger partial charge in [0.2, 0.25) is 0 Å². The molecule has 3 aromatic rings. The van der Waals surface area contributed by atoms with Crippen molar-refractivity contribution in [2.24, 2.45) is 15.9 Å². The SMILES string of the molecule is COc1ccc(-c2cc(C(F)(F)F)n(C3=NN=C(N)Cc4ncnn43)n2)cc1. The van der Waals surface area contributed by atoms with E-state index in [1.165, 1.54) is 13.4 Å². The third-order valence-electron chi connectivity index (χ3n) is 3.99. The number of fused-ring (bicyclic) bond motifs is 1. The Balaban J connectivity index is 1.88. The molecule has 144 valence electrons. The number of benzene rings is 1. The monoisotopic (exact) mass is 390 g/mol. The van der Waals surface area contributed by atoms with Gasteiger partial charge in [0.1, 0.15) is 23.7 Å². The van der Waals surface area contributed by atoms with Crippen molar-refractivity contribution in [1.82, 2.24) is 24.5 Å². The quantitative estimate of drug-likeness (QED) is 0.717. The number of nitrogens with zero attached hydrogens (tertiary/aromatic N) is 7. The lowest BCUT2D eigenvalue weighted by atomic mass is 10.1. The van der Waals surface area contributed by atoms with Crippen LogP contribution >= 0.6 is 0 Å². The fraction of sp³-hybridized carbons (Fsp3) is 0.188. The summed E-state index contributed by atoms with van der Waals surface area (Å²) in [5.41, 5.74) is 5.23. The molecule has 0 bridgehead atoms. The van der Waals surface area contributed by atoms with E-state index < -0.39 is 11.9 Å². The Labute approximate surface area is 156 Å². The number of rotatable bonds is 2. The van der Waals surface area contributed by atoms with Gasteiger partial charge in [0, 0.05) is 5.56 Å². The molecule has 12 heteroatoms. The largest absolute Gasteiger partial charge is 0.497 e. The molecule has 4 rings (SSSR count). The number of hydrogen-bond donors (Lipinski definition) is 1. The van der Waals surface area contributed by atoms with Crippen molar-refractivity contribution in [3.63, 3.8) is 0 Å². The van der Waals surface area contributed by atoms with Crippen LogP contribution in [0.1, 0.15) is 11.5 Å². The summed E-state index contributed by atoms with van der Waals surface area (Å²) in [6, 6.07) is 7.41. The van der Waals surface area contributed by atoms with Gasteiger partial charge in [0.05, 0.1) is 19.2 Å². The third kappa shape index (κ3) is 3.08. The van der Waals surface area contributed by atoms with Crippen LogP contribution in [0.15, 0.2) is 46.9 Å². The van der Waals surface area contributed by atoms with Crippen LogP contribution in [-0.4, -0.2) is 43.4 Å². The van der Waals surface area contributed by atoms with Gasteiger partial charge in [0.15, 0.2) is 5.69 Å². The van der Waals surface area contributed by atoms with Gasteiger partial charge < -0.3 is 10.5 Å². The topological polar surface area (TPSA) is 108 Å². The Hall–Kier alpha value is -3.70. The first-order chi connectivity index (χ1) is 13.4. The third-order valence-corrected chi connectivity index (χ3v) is 3.99. The zero-order valence-corrected chi connectivity index (χ0v) is 14.4. The van der Waals surface area contributed by atoms with Crippen LogP contribution in [0, 0.1) is 0 Å². The van der Waals surface area contributed by atoms with Gasteiger partial charge in [-0.1, -0.05) is 0 Å². The van der Waals surface area contributed by atoms with Crippen molar-refractivity contribution in [1.29, 1.82) is 0 Å². The molecule has 0 radical (unpaired) electrons. The first-order valence-corrected chi connectivity index (χ1v) is 7.98. The Bertz CT molecular complexity index is 1080. The van der Waals surface area contributed by atoms with Gasteiger partial charge in [0.25, 0.3) is 5.96 Å². The number of amidine groups is 1. The highest BCUT2D eigenvalue weighted by Crippen LogP contribution is 2.33. The van der Waals surface area contributed by atoms with Crippen molar-refractivity contribution in [2.75, 3.05) is 7.11 Å². The van der Waals surface area contributed by atoms with E-state index in [0.29, 0.717) is 21.8 Å². The summed E-state index contributed by atoms with van der Waals surface area (Å²) in [7, 11) is 1.50. The number of nitrogens with two attached hydrogens (primary N) is 1. The highest BCUT2D eigenvalue weighted by Gasteiger charge is 2.38. The molecule has 0 aliphatic carbocycles. The van der Waals surface area contributed by atoms with Gasteiger partial charge >= 0.3 is 6.18 Å². The Morgan fingerprint density at radius 1 is 1.11 bits per heavy atom. The maximum absolute atomic E-state index is 13.7. The van der Waals surface area contributed by atoms with Crippen LogP contribution in [0.2, 0.25) is 0 Å². The lowest BCUT2D eigenvalue weighted by molar-refractivity contribution is -0.142. The van der Waals surface area contributed by atoms with Crippen molar-refractivity contribution in [3.05, 3.63) is 48.2 Å². The number of aromatic nitrogens is 5. The summed E-state index contributed by atoms with van der Waals surface area (Å²) in [5.74, 6) is 0.692. The van der Waals surface area contributed by atoms with Crippen molar-refractivity contribution >= 4 is 11.8 Å². The summed E-state index contributed by atoms with van der Waals surface area (Å²) in [5, 5.41) is 15.6. The molecular weight excluding hydrogens is 377 g/mol. The predicted molar refractivity (Wildman–Crippen MR) is 92.8 cm³/mol. The van der Waals surface area contributed by atoms with Crippen LogP contribution in [0.4, 0.5) is 13.2 Å². The van der Waals surface area contributed by atoms with Gasteiger partial charge in [-0.2, -0.15) is 32.7 Å². The molecule has 0 saturated heterocycles. The fourth-order valence-corrected chi connectivity index (χ4v) is 2.67. The van der Waals surface area contributed by atoms with Crippen LogP contribution < -0.4 is 10.5 Å². The van der Waals surface area contributed by atoms with E-state index >= 15 is 0 Å². The van der Waals surface area contributed by atoms with Crippen molar-refractivity contribution in [3.8, 4) is 17.0 Å². The fourth-order valence-electron chi connectivity index (χ4n) is 2.67. The van der Waals surface area contributed by atoms with E-state index in [4.69, 9.17) is 10.5 Å². The average molecular weight is 390 g/mol. The summed E-state index contributed by atoms with van der Waals surface area (Å²) < 4.78 is 47.9. The first kappa shape index (κ1) is 17.7. The zero-order chi connectivity index (χ0) is 19.9. The molecule has 1 aliphatic heterocycles. The second-order valence-corrected chi connectivity index (χ2v) is 5.81.